The van der Waals surface area contributed by atoms with Crippen LogP contribution in [0, 0.1) is 28.9 Å². The highest BCUT2D eigenvalue weighted by atomic mass is 19.1. The predicted molar refractivity (Wildman–Crippen MR) is 89.6 cm³/mol. The molecule has 3 fully saturated rings. The first-order chi connectivity index (χ1) is 12.4. The largest absolute Gasteiger partial charge is 0.481 e. The number of carbonyl (C=O) groups is 2. The fourth-order valence-corrected chi connectivity index (χ4v) is 4.64. The number of benzene rings is 1. The van der Waals surface area contributed by atoms with Crippen molar-refractivity contribution in [1.29, 1.82) is 0 Å². The Hall–Kier alpha value is -2.02. The van der Waals surface area contributed by atoms with Crippen LogP contribution in [0.1, 0.15) is 29.6 Å². The van der Waals surface area contributed by atoms with Gasteiger partial charge in [0.1, 0.15) is 17.0 Å². The van der Waals surface area contributed by atoms with Crippen molar-refractivity contribution in [1.82, 2.24) is 9.80 Å². The highest BCUT2D eigenvalue weighted by molar-refractivity contribution is 5.95. The second kappa shape index (κ2) is 6.30. The van der Waals surface area contributed by atoms with Crippen molar-refractivity contribution in [3.8, 4) is 0 Å². The molecule has 1 saturated carbocycles. The molecule has 2 heterocycles. The number of aliphatic carboxylic acids is 1. The molecular formula is C19H22F2N2O3. The molecule has 1 aliphatic carbocycles. The van der Waals surface area contributed by atoms with Crippen molar-refractivity contribution in [2.24, 2.45) is 17.3 Å². The Morgan fingerprint density at radius 1 is 1.19 bits per heavy atom. The number of hydrogen-bond acceptors (Lipinski definition) is 3. The number of nitrogens with zero attached hydrogens (tertiary/aromatic N) is 2. The van der Waals surface area contributed by atoms with E-state index in [1.54, 1.807) is 0 Å². The van der Waals surface area contributed by atoms with Crippen LogP contribution in [0.4, 0.5) is 8.78 Å². The second-order valence-electron chi connectivity index (χ2n) is 7.96. The minimum absolute atomic E-state index is 0.0732. The number of likely N-dealkylation sites (tertiary alicyclic amines) is 2. The Bertz CT molecular complexity index is 752. The first kappa shape index (κ1) is 17.4. The minimum Gasteiger partial charge on any atom is -0.481 e. The summed E-state index contributed by atoms with van der Waals surface area (Å²) in [5, 5.41) is 9.87. The number of hydrogen-bond donors (Lipinski definition) is 1. The Morgan fingerprint density at radius 2 is 1.96 bits per heavy atom. The van der Waals surface area contributed by atoms with E-state index in [-0.39, 0.29) is 18.0 Å². The average molecular weight is 364 g/mol. The van der Waals surface area contributed by atoms with Crippen LogP contribution in [0.25, 0.3) is 0 Å². The lowest BCUT2D eigenvalue weighted by Crippen LogP contribution is -2.43. The molecular weight excluding hydrogens is 342 g/mol. The van der Waals surface area contributed by atoms with Crippen molar-refractivity contribution in [2.45, 2.75) is 19.3 Å². The molecule has 7 heteroatoms. The van der Waals surface area contributed by atoms with E-state index in [1.165, 1.54) is 24.2 Å². The summed E-state index contributed by atoms with van der Waals surface area (Å²) < 4.78 is 27.0. The van der Waals surface area contributed by atoms with Gasteiger partial charge in [0.05, 0.1) is 5.56 Å². The van der Waals surface area contributed by atoms with Gasteiger partial charge in [-0.05, 0) is 30.9 Å². The summed E-state index contributed by atoms with van der Waals surface area (Å²) in [6.07, 6.45) is 3.66. The molecule has 0 bridgehead atoms. The summed E-state index contributed by atoms with van der Waals surface area (Å²) >= 11 is 0. The van der Waals surface area contributed by atoms with Crippen LogP contribution >= 0.6 is 0 Å². The molecule has 0 spiro atoms. The van der Waals surface area contributed by atoms with Crippen LogP contribution in [-0.4, -0.2) is 59.5 Å². The lowest BCUT2D eigenvalue weighted by molar-refractivity contribution is -0.148. The van der Waals surface area contributed by atoms with Gasteiger partial charge in [-0.3, -0.25) is 9.59 Å². The molecule has 0 unspecified atom stereocenters. The van der Waals surface area contributed by atoms with Gasteiger partial charge >= 0.3 is 5.97 Å². The Morgan fingerprint density at radius 3 is 2.54 bits per heavy atom. The number of carbonyl (C=O) groups excluding carboxylic acids is 1. The smallest absolute Gasteiger partial charge is 0.313 e. The SMILES string of the molecule is O=C(c1ccc(F)cc1F)N1C[C@H]2CN(CC3CCC3)C[C@@]2(C(=O)O)C1. The van der Waals surface area contributed by atoms with Crippen LogP contribution < -0.4 is 0 Å². The van der Waals surface area contributed by atoms with Gasteiger partial charge < -0.3 is 14.9 Å². The van der Waals surface area contributed by atoms with Crippen LogP contribution in [0.2, 0.25) is 0 Å². The first-order valence-corrected chi connectivity index (χ1v) is 9.09. The number of amides is 1. The molecule has 2 saturated heterocycles. The van der Waals surface area contributed by atoms with E-state index in [1.807, 2.05) is 0 Å². The molecule has 1 amide bonds. The summed E-state index contributed by atoms with van der Waals surface area (Å²) in [5.41, 5.74) is -1.20. The van der Waals surface area contributed by atoms with E-state index >= 15 is 0 Å². The van der Waals surface area contributed by atoms with E-state index in [9.17, 15) is 23.5 Å². The van der Waals surface area contributed by atoms with E-state index < -0.39 is 28.9 Å². The fourth-order valence-electron chi connectivity index (χ4n) is 4.64. The zero-order valence-corrected chi connectivity index (χ0v) is 14.5. The van der Waals surface area contributed by atoms with Gasteiger partial charge in [0.2, 0.25) is 0 Å². The van der Waals surface area contributed by atoms with Gasteiger partial charge in [-0.15, -0.1) is 0 Å². The van der Waals surface area contributed by atoms with Crippen molar-refractivity contribution in [2.75, 3.05) is 32.7 Å². The molecule has 3 aliphatic rings. The maximum Gasteiger partial charge on any atom is 0.313 e. The van der Waals surface area contributed by atoms with Crippen LogP contribution in [0.3, 0.4) is 0 Å². The number of carboxylic acid groups (broad SMARTS) is 1. The molecule has 0 aromatic heterocycles. The predicted octanol–water partition coefficient (Wildman–Crippen LogP) is 2.22. The van der Waals surface area contributed by atoms with Crippen molar-refractivity contribution in [3.63, 3.8) is 0 Å². The van der Waals surface area contributed by atoms with Gasteiger partial charge in [-0.1, -0.05) is 6.42 Å². The summed E-state index contributed by atoms with van der Waals surface area (Å²) in [6.45, 7) is 2.37. The highest BCUT2D eigenvalue weighted by Gasteiger charge is 2.58. The molecule has 1 aromatic carbocycles. The van der Waals surface area contributed by atoms with Gasteiger partial charge in [0, 0.05) is 44.7 Å². The van der Waals surface area contributed by atoms with E-state index in [0.29, 0.717) is 31.6 Å². The number of rotatable bonds is 4. The lowest BCUT2D eigenvalue weighted by Gasteiger charge is -2.31. The molecule has 1 aromatic rings. The van der Waals surface area contributed by atoms with Crippen LogP contribution in [0.5, 0.6) is 0 Å². The molecule has 0 radical (unpaired) electrons. The fraction of sp³-hybridized carbons (Fsp3) is 0.579. The Kier molecular flexibility index (Phi) is 4.22. The Labute approximate surface area is 150 Å². The molecule has 1 N–H and O–H groups in total. The molecule has 140 valence electrons. The summed E-state index contributed by atoms with van der Waals surface area (Å²) in [5.74, 6) is -2.62. The average Bonchev–Trinajstić information content (AvgIpc) is 3.05. The third-order valence-electron chi connectivity index (χ3n) is 6.30. The van der Waals surface area contributed by atoms with Crippen LogP contribution in [0.15, 0.2) is 18.2 Å². The van der Waals surface area contributed by atoms with Gasteiger partial charge in [0.15, 0.2) is 0 Å². The van der Waals surface area contributed by atoms with Gasteiger partial charge in [-0.2, -0.15) is 0 Å². The third kappa shape index (κ3) is 2.78. The van der Waals surface area contributed by atoms with E-state index in [2.05, 4.69) is 4.90 Å². The zero-order valence-electron chi connectivity index (χ0n) is 14.5. The topological polar surface area (TPSA) is 60.9 Å². The van der Waals surface area contributed by atoms with E-state index in [4.69, 9.17) is 0 Å². The third-order valence-corrected chi connectivity index (χ3v) is 6.30. The maximum atomic E-state index is 13.9. The molecule has 2 aliphatic heterocycles. The summed E-state index contributed by atoms with van der Waals surface area (Å²) in [7, 11) is 0. The van der Waals surface area contributed by atoms with E-state index in [0.717, 1.165) is 18.7 Å². The first-order valence-electron chi connectivity index (χ1n) is 9.09. The summed E-state index contributed by atoms with van der Waals surface area (Å²) in [4.78, 5) is 28.3. The zero-order chi connectivity index (χ0) is 18.5. The normalized spacial score (nSPS) is 28.8. The molecule has 2 atom stereocenters. The van der Waals surface area contributed by atoms with Gasteiger partial charge in [-0.25, -0.2) is 8.78 Å². The van der Waals surface area contributed by atoms with Crippen molar-refractivity contribution < 1.29 is 23.5 Å². The maximum absolute atomic E-state index is 13.9. The molecule has 4 rings (SSSR count). The van der Waals surface area contributed by atoms with Crippen LogP contribution in [-0.2, 0) is 4.79 Å². The molecule has 5 nitrogen and oxygen atoms in total. The second-order valence-corrected chi connectivity index (χ2v) is 7.96. The highest BCUT2D eigenvalue weighted by Crippen LogP contribution is 2.44. The molecule has 26 heavy (non-hydrogen) atoms. The van der Waals surface area contributed by atoms with Crippen molar-refractivity contribution >= 4 is 11.9 Å². The quantitative estimate of drug-likeness (QED) is 0.890. The number of carboxylic acids is 1. The Balaban J connectivity index is 1.50. The summed E-state index contributed by atoms with van der Waals surface area (Å²) in [6, 6.07) is 2.84. The lowest BCUT2D eigenvalue weighted by atomic mass is 9.81. The monoisotopic (exact) mass is 364 g/mol. The number of fused-ring (bicyclic) bond motifs is 1. The standard InChI is InChI=1S/C19H22F2N2O3/c20-14-4-5-15(16(21)6-14)17(24)23-9-13-8-22(7-12-2-1-3-12)10-19(13,11-23)18(25)26/h4-6,12-13H,1-3,7-11H2,(H,25,26)/t13-,19-/m1/s1. The minimum atomic E-state index is -0.990. The van der Waals surface area contributed by atoms with Crippen molar-refractivity contribution in [3.05, 3.63) is 35.4 Å². The van der Waals surface area contributed by atoms with Gasteiger partial charge in [0.25, 0.3) is 5.91 Å². The number of halogens is 2.